The largest absolute Gasteiger partial charge is 0.416 e. The van der Waals surface area contributed by atoms with E-state index in [9.17, 15) is 18.0 Å². The van der Waals surface area contributed by atoms with E-state index in [0.29, 0.717) is 12.1 Å². The number of benzene rings is 1. The van der Waals surface area contributed by atoms with E-state index in [1.54, 1.807) is 0 Å². The molecule has 1 amide bonds. The van der Waals surface area contributed by atoms with E-state index in [1.807, 2.05) is 0 Å². The molecule has 0 aliphatic heterocycles. The second-order valence-corrected chi connectivity index (χ2v) is 5.07. The van der Waals surface area contributed by atoms with E-state index in [4.69, 9.17) is 5.73 Å². The Balaban J connectivity index is 2.09. The van der Waals surface area contributed by atoms with Crippen LogP contribution in [0.3, 0.4) is 0 Å². The minimum atomic E-state index is -4.39. The highest BCUT2D eigenvalue weighted by molar-refractivity contribution is 5.95. The molecule has 1 saturated carbocycles. The molecule has 6 heteroatoms. The summed E-state index contributed by atoms with van der Waals surface area (Å²) in [5.74, 6) is -0.386. The minimum Gasteiger partial charge on any atom is -0.350 e. The van der Waals surface area contributed by atoms with E-state index in [1.165, 1.54) is 13.0 Å². The Hall–Kier alpha value is -1.56. The smallest absolute Gasteiger partial charge is 0.350 e. The SMILES string of the molecule is Cc1cc(C(F)(F)F)ccc1C(=O)NCC1(N)CC1. The summed E-state index contributed by atoms with van der Waals surface area (Å²) in [6, 6.07) is 3.09. The van der Waals surface area contributed by atoms with Crippen molar-refractivity contribution < 1.29 is 18.0 Å². The lowest BCUT2D eigenvalue weighted by Gasteiger charge is -2.13. The topological polar surface area (TPSA) is 55.1 Å². The molecule has 1 aromatic rings. The van der Waals surface area contributed by atoms with Crippen LogP contribution in [-0.2, 0) is 6.18 Å². The number of aryl methyl sites for hydroxylation is 1. The number of amides is 1. The quantitative estimate of drug-likeness (QED) is 0.886. The number of halogens is 3. The number of carbonyl (C=O) groups is 1. The third-order valence-corrected chi connectivity index (χ3v) is 3.29. The average molecular weight is 272 g/mol. The first-order valence-electron chi connectivity index (χ1n) is 5.96. The number of nitrogens with one attached hydrogen (secondary N) is 1. The van der Waals surface area contributed by atoms with Gasteiger partial charge in [0.1, 0.15) is 0 Å². The monoisotopic (exact) mass is 272 g/mol. The second-order valence-electron chi connectivity index (χ2n) is 5.07. The van der Waals surface area contributed by atoms with Gasteiger partial charge in [-0.25, -0.2) is 0 Å². The number of alkyl halides is 3. The molecule has 19 heavy (non-hydrogen) atoms. The number of rotatable bonds is 3. The van der Waals surface area contributed by atoms with E-state index < -0.39 is 11.7 Å². The van der Waals surface area contributed by atoms with Gasteiger partial charge in [-0.2, -0.15) is 13.2 Å². The van der Waals surface area contributed by atoms with Crippen molar-refractivity contribution >= 4 is 5.91 Å². The van der Waals surface area contributed by atoms with Crippen LogP contribution in [0.5, 0.6) is 0 Å². The van der Waals surface area contributed by atoms with Gasteiger partial charge in [0.25, 0.3) is 5.91 Å². The van der Waals surface area contributed by atoms with Crippen molar-refractivity contribution in [1.29, 1.82) is 0 Å². The summed E-state index contributed by atoms with van der Waals surface area (Å²) in [5.41, 5.74) is 5.30. The third kappa shape index (κ3) is 3.26. The number of hydrogen-bond donors (Lipinski definition) is 2. The maximum absolute atomic E-state index is 12.5. The average Bonchev–Trinajstić information content (AvgIpc) is 3.03. The fraction of sp³-hybridized carbons (Fsp3) is 0.462. The Morgan fingerprint density at radius 3 is 2.53 bits per heavy atom. The van der Waals surface area contributed by atoms with Crippen LogP contribution in [0.1, 0.15) is 34.3 Å². The summed E-state index contributed by atoms with van der Waals surface area (Å²) in [4.78, 5) is 11.9. The molecule has 3 nitrogen and oxygen atoms in total. The molecule has 0 radical (unpaired) electrons. The van der Waals surface area contributed by atoms with Crippen LogP contribution in [0.25, 0.3) is 0 Å². The summed E-state index contributed by atoms with van der Waals surface area (Å²) in [7, 11) is 0. The molecule has 1 aliphatic rings. The number of carbonyl (C=O) groups excluding carboxylic acids is 1. The molecule has 3 N–H and O–H groups in total. The van der Waals surface area contributed by atoms with E-state index in [2.05, 4.69) is 5.32 Å². The summed E-state index contributed by atoms with van der Waals surface area (Å²) >= 11 is 0. The number of nitrogens with two attached hydrogens (primary N) is 1. The van der Waals surface area contributed by atoms with Gasteiger partial charge >= 0.3 is 6.18 Å². The third-order valence-electron chi connectivity index (χ3n) is 3.29. The lowest BCUT2D eigenvalue weighted by molar-refractivity contribution is -0.137. The molecular weight excluding hydrogens is 257 g/mol. The first kappa shape index (κ1) is 13.9. The zero-order valence-corrected chi connectivity index (χ0v) is 10.5. The van der Waals surface area contributed by atoms with Crippen LogP contribution in [0.4, 0.5) is 13.2 Å². The molecule has 1 aliphatic carbocycles. The molecule has 0 unspecified atom stereocenters. The first-order valence-corrected chi connectivity index (χ1v) is 5.96. The van der Waals surface area contributed by atoms with Gasteiger partial charge in [0.15, 0.2) is 0 Å². The fourth-order valence-corrected chi connectivity index (χ4v) is 1.78. The molecule has 0 aromatic heterocycles. The highest BCUT2D eigenvalue weighted by Crippen LogP contribution is 2.32. The Kier molecular flexibility index (Phi) is 3.30. The minimum absolute atomic E-state index is 0.247. The molecule has 0 saturated heterocycles. The van der Waals surface area contributed by atoms with Crippen LogP contribution in [0.2, 0.25) is 0 Å². The van der Waals surface area contributed by atoms with Gasteiger partial charge in [-0.05, 0) is 43.5 Å². The van der Waals surface area contributed by atoms with Crippen molar-refractivity contribution in [3.05, 3.63) is 34.9 Å². The number of hydrogen-bond acceptors (Lipinski definition) is 2. The van der Waals surface area contributed by atoms with Gasteiger partial charge in [-0.3, -0.25) is 4.79 Å². The second kappa shape index (κ2) is 4.52. The summed E-state index contributed by atoms with van der Waals surface area (Å²) in [6.07, 6.45) is -2.67. The van der Waals surface area contributed by atoms with E-state index in [0.717, 1.165) is 25.0 Å². The molecule has 0 bridgehead atoms. The predicted molar refractivity (Wildman–Crippen MR) is 64.7 cm³/mol. The standard InChI is InChI=1S/C13H15F3N2O/c1-8-6-9(13(14,15)16)2-3-10(8)11(19)18-7-12(17)4-5-12/h2-3,6H,4-5,7,17H2,1H3,(H,18,19). The highest BCUT2D eigenvalue weighted by atomic mass is 19.4. The molecular formula is C13H15F3N2O. The molecule has 0 heterocycles. The maximum Gasteiger partial charge on any atom is 0.416 e. The molecule has 0 atom stereocenters. The van der Waals surface area contributed by atoms with Gasteiger partial charge in [0, 0.05) is 17.6 Å². The molecule has 0 spiro atoms. The summed E-state index contributed by atoms with van der Waals surface area (Å²) in [6.45, 7) is 1.84. The Morgan fingerprint density at radius 2 is 2.05 bits per heavy atom. The van der Waals surface area contributed by atoms with Crippen LogP contribution in [-0.4, -0.2) is 18.0 Å². The van der Waals surface area contributed by atoms with Gasteiger partial charge < -0.3 is 11.1 Å². The molecule has 1 aromatic carbocycles. The van der Waals surface area contributed by atoms with Crippen LogP contribution in [0.15, 0.2) is 18.2 Å². The molecule has 1 fully saturated rings. The summed E-state index contributed by atoms with van der Waals surface area (Å²) < 4.78 is 37.5. The highest BCUT2D eigenvalue weighted by Gasteiger charge is 2.38. The van der Waals surface area contributed by atoms with Crippen molar-refractivity contribution in [2.45, 2.75) is 31.5 Å². The van der Waals surface area contributed by atoms with Gasteiger partial charge in [0.05, 0.1) is 5.56 Å². The van der Waals surface area contributed by atoms with Gasteiger partial charge in [-0.1, -0.05) is 0 Å². The van der Waals surface area contributed by atoms with Gasteiger partial charge in [-0.15, -0.1) is 0 Å². The lowest BCUT2D eigenvalue weighted by atomic mass is 10.0. The molecule has 2 rings (SSSR count). The van der Waals surface area contributed by atoms with Crippen LogP contribution < -0.4 is 11.1 Å². The van der Waals surface area contributed by atoms with E-state index >= 15 is 0 Å². The predicted octanol–water partition coefficient (Wildman–Crippen LogP) is 2.23. The maximum atomic E-state index is 12.5. The fourth-order valence-electron chi connectivity index (χ4n) is 1.78. The normalized spacial score (nSPS) is 17.1. The Morgan fingerprint density at radius 1 is 1.42 bits per heavy atom. The van der Waals surface area contributed by atoms with Crippen molar-refractivity contribution in [3.63, 3.8) is 0 Å². The molecule has 104 valence electrons. The summed E-state index contributed by atoms with van der Waals surface area (Å²) in [5, 5.41) is 2.66. The van der Waals surface area contributed by atoms with Crippen LogP contribution >= 0.6 is 0 Å². The Labute approximate surface area is 109 Å². The van der Waals surface area contributed by atoms with Crippen molar-refractivity contribution in [2.75, 3.05) is 6.54 Å². The van der Waals surface area contributed by atoms with Crippen LogP contribution in [0, 0.1) is 6.92 Å². The van der Waals surface area contributed by atoms with E-state index in [-0.39, 0.29) is 17.0 Å². The Bertz CT molecular complexity index is 507. The van der Waals surface area contributed by atoms with Gasteiger partial charge in [0.2, 0.25) is 0 Å². The zero-order chi connectivity index (χ0) is 14.3. The zero-order valence-electron chi connectivity index (χ0n) is 10.5. The first-order chi connectivity index (χ1) is 8.71. The van der Waals surface area contributed by atoms with Crippen molar-refractivity contribution in [1.82, 2.24) is 5.32 Å². The van der Waals surface area contributed by atoms with Crippen molar-refractivity contribution in [2.24, 2.45) is 5.73 Å². The van der Waals surface area contributed by atoms with Crippen molar-refractivity contribution in [3.8, 4) is 0 Å². The lowest BCUT2D eigenvalue weighted by Crippen LogP contribution is -2.39.